The van der Waals surface area contributed by atoms with Crippen LogP contribution in [0.5, 0.6) is 0 Å². The summed E-state index contributed by atoms with van der Waals surface area (Å²) >= 11 is 0. The average Bonchev–Trinajstić information content (AvgIpc) is 2.47. The van der Waals surface area contributed by atoms with E-state index >= 15 is 0 Å². The zero-order valence-corrected chi connectivity index (χ0v) is 13.9. The van der Waals surface area contributed by atoms with Crippen LogP contribution in [-0.2, 0) is 25.0 Å². The molecule has 0 aromatic heterocycles. The molecule has 122 valence electrons. The summed E-state index contributed by atoms with van der Waals surface area (Å²) < 4.78 is 31.6. The second kappa shape index (κ2) is 6.79. The minimum absolute atomic E-state index is 0.0425. The number of nitrogens with one attached hydrogen (secondary N) is 1. The molecule has 0 saturated carbocycles. The Morgan fingerprint density at radius 2 is 2.00 bits per heavy atom. The molecule has 0 bridgehead atoms. The van der Waals surface area contributed by atoms with Crippen LogP contribution in [0.25, 0.3) is 0 Å². The van der Waals surface area contributed by atoms with Gasteiger partial charge < -0.3 is 4.74 Å². The van der Waals surface area contributed by atoms with Crippen LogP contribution in [0.1, 0.15) is 37.3 Å². The van der Waals surface area contributed by atoms with Crippen LogP contribution < -0.4 is 4.72 Å². The average molecular weight is 325 g/mol. The fourth-order valence-electron chi connectivity index (χ4n) is 2.87. The van der Waals surface area contributed by atoms with Crippen LogP contribution in [0.15, 0.2) is 24.3 Å². The SMILES string of the molecule is CCCS(=O)(=O)NC(=O)C1(c2cccc(C)c2)CCOCC1. The van der Waals surface area contributed by atoms with E-state index in [0.717, 1.165) is 11.1 Å². The molecule has 1 amide bonds. The highest BCUT2D eigenvalue weighted by molar-refractivity contribution is 7.90. The molecule has 0 radical (unpaired) electrons. The summed E-state index contributed by atoms with van der Waals surface area (Å²) in [6, 6.07) is 7.71. The van der Waals surface area contributed by atoms with Crippen molar-refractivity contribution in [1.82, 2.24) is 4.72 Å². The zero-order valence-electron chi connectivity index (χ0n) is 13.1. The molecule has 5 nitrogen and oxygen atoms in total. The van der Waals surface area contributed by atoms with Crippen LogP contribution in [-0.4, -0.2) is 33.3 Å². The summed E-state index contributed by atoms with van der Waals surface area (Å²) in [6.07, 6.45) is 1.46. The van der Waals surface area contributed by atoms with Crippen LogP contribution in [0.4, 0.5) is 0 Å². The van der Waals surface area contributed by atoms with Gasteiger partial charge in [0, 0.05) is 13.2 Å². The number of hydrogen-bond donors (Lipinski definition) is 1. The van der Waals surface area contributed by atoms with Gasteiger partial charge >= 0.3 is 0 Å². The second-order valence-electron chi connectivity index (χ2n) is 5.81. The first kappa shape index (κ1) is 17.0. The molecule has 1 saturated heterocycles. The van der Waals surface area contributed by atoms with Crippen LogP contribution in [0, 0.1) is 6.92 Å². The van der Waals surface area contributed by atoms with Crippen molar-refractivity contribution >= 4 is 15.9 Å². The molecule has 1 aromatic carbocycles. The third-order valence-corrected chi connectivity index (χ3v) is 5.51. The smallest absolute Gasteiger partial charge is 0.244 e. The van der Waals surface area contributed by atoms with E-state index in [4.69, 9.17) is 4.74 Å². The summed E-state index contributed by atoms with van der Waals surface area (Å²) in [5, 5.41) is 0. The van der Waals surface area contributed by atoms with Gasteiger partial charge in [0.2, 0.25) is 15.9 Å². The quantitative estimate of drug-likeness (QED) is 0.897. The molecular formula is C16H23NO4S. The molecule has 0 aliphatic carbocycles. The highest BCUT2D eigenvalue weighted by atomic mass is 32.2. The lowest BCUT2D eigenvalue weighted by atomic mass is 9.73. The Hall–Kier alpha value is -1.40. The van der Waals surface area contributed by atoms with E-state index < -0.39 is 21.3 Å². The Balaban J connectivity index is 2.35. The Morgan fingerprint density at radius 1 is 1.32 bits per heavy atom. The second-order valence-corrected chi connectivity index (χ2v) is 7.66. The van der Waals surface area contributed by atoms with Crippen molar-refractivity contribution in [2.75, 3.05) is 19.0 Å². The Labute approximate surface area is 132 Å². The molecule has 0 atom stereocenters. The van der Waals surface area contributed by atoms with Gasteiger partial charge in [0.15, 0.2) is 0 Å². The van der Waals surface area contributed by atoms with Crippen LogP contribution >= 0.6 is 0 Å². The monoisotopic (exact) mass is 325 g/mol. The van der Waals surface area contributed by atoms with Crippen molar-refractivity contribution in [3.8, 4) is 0 Å². The summed E-state index contributed by atoms with van der Waals surface area (Å²) in [6.45, 7) is 4.64. The maximum atomic E-state index is 12.8. The third kappa shape index (κ3) is 3.67. The molecule has 1 N–H and O–H groups in total. The zero-order chi connectivity index (χ0) is 16.2. The number of carbonyl (C=O) groups is 1. The van der Waals surface area contributed by atoms with Gasteiger partial charge in [-0.3, -0.25) is 9.52 Å². The third-order valence-electron chi connectivity index (χ3n) is 4.07. The number of rotatable bonds is 5. The van der Waals surface area contributed by atoms with E-state index in [1.165, 1.54) is 0 Å². The van der Waals surface area contributed by atoms with Crippen molar-refractivity contribution in [3.63, 3.8) is 0 Å². The van der Waals surface area contributed by atoms with E-state index in [2.05, 4.69) is 4.72 Å². The highest BCUT2D eigenvalue weighted by Crippen LogP contribution is 2.35. The first-order chi connectivity index (χ1) is 10.4. The molecule has 1 aromatic rings. The van der Waals surface area contributed by atoms with Gasteiger partial charge in [-0.25, -0.2) is 8.42 Å². The molecule has 0 spiro atoms. The number of aryl methyl sites for hydroxylation is 1. The van der Waals surface area contributed by atoms with Gasteiger partial charge in [-0.15, -0.1) is 0 Å². The van der Waals surface area contributed by atoms with E-state index in [9.17, 15) is 13.2 Å². The lowest BCUT2D eigenvalue weighted by Gasteiger charge is -2.36. The van der Waals surface area contributed by atoms with Gasteiger partial charge in [0.1, 0.15) is 0 Å². The largest absolute Gasteiger partial charge is 0.381 e. The standard InChI is InChI=1S/C16H23NO4S/c1-3-11-22(19,20)17-15(18)16(7-9-21-10-8-16)14-6-4-5-13(2)12-14/h4-6,12H,3,7-11H2,1-2H3,(H,17,18). The van der Waals surface area contributed by atoms with E-state index in [1.807, 2.05) is 31.2 Å². The van der Waals surface area contributed by atoms with E-state index in [1.54, 1.807) is 6.92 Å². The Bertz CT molecular complexity index is 633. The molecule has 0 unspecified atom stereocenters. The molecule has 1 aliphatic rings. The lowest BCUT2D eigenvalue weighted by Crippen LogP contribution is -2.50. The van der Waals surface area contributed by atoms with Crippen molar-refractivity contribution in [2.24, 2.45) is 0 Å². The topological polar surface area (TPSA) is 72.5 Å². The van der Waals surface area contributed by atoms with Gasteiger partial charge in [-0.1, -0.05) is 36.8 Å². The number of benzene rings is 1. The maximum Gasteiger partial charge on any atom is 0.244 e. The minimum Gasteiger partial charge on any atom is -0.381 e. The molecule has 22 heavy (non-hydrogen) atoms. The number of hydrogen-bond acceptors (Lipinski definition) is 4. The normalized spacial score (nSPS) is 17.9. The van der Waals surface area contributed by atoms with Gasteiger partial charge in [0.25, 0.3) is 0 Å². The first-order valence-corrected chi connectivity index (χ1v) is 9.25. The molecule has 2 rings (SSSR count). The molecule has 1 fully saturated rings. The summed E-state index contributed by atoms with van der Waals surface area (Å²) in [5.41, 5.74) is 1.08. The van der Waals surface area contributed by atoms with E-state index in [-0.39, 0.29) is 5.75 Å². The molecule has 1 heterocycles. The maximum absolute atomic E-state index is 12.8. The lowest BCUT2D eigenvalue weighted by molar-refractivity contribution is -0.128. The molecule has 1 aliphatic heterocycles. The fourth-order valence-corrected chi connectivity index (χ4v) is 3.99. The summed E-state index contributed by atoms with van der Waals surface area (Å²) in [4.78, 5) is 12.8. The van der Waals surface area contributed by atoms with E-state index in [0.29, 0.717) is 32.5 Å². The minimum atomic E-state index is -3.58. The van der Waals surface area contributed by atoms with Crippen molar-refractivity contribution in [1.29, 1.82) is 0 Å². The van der Waals surface area contributed by atoms with Gasteiger partial charge in [-0.05, 0) is 31.7 Å². The van der Waals surface area contributed by atoms with Crippen molar-refractivity contribution < 1.29 is 17.9 Å². The molecular weight excluding hydrogens is 302 g/mol. The molecule has 6 heteroatoms. The number of sulfonamides is 1. The van der Waals surface area contributed by atoms with Gasteiger partial charge in [-0.2, -0.15) is 0 Å². The van der Waals surface area contributed by atoms with Crippen molar-refractivity contribution in [2.45, 2.75) is 38.5 Å². The Morgan fingerprint density at radius 3 is 2.59 bits per heavy atom. The van der Waals surface area contributed by atoms with Crippen LogP contribution in [0.2, 0.25) is 0 Å². The summed E-state index contributed by atoms with van der Waals surface area (Å²) in [5.74, 6) is -0.478. The van der Waals surface area contributed by atoms with Gasteiger partial charge in [0.05, 0.1) is 11.2 Å². The van der Waals surface area contributed by atoms with Crippen molar-refractivity contribution in [3.05, 3.63) is 35.4 Å². The number of amides is 1. The number of ether oxygens (including phenoxy) is 1. The highest BCUT2D eigenvalue weighted by Gasteiger charge is 2.43. The Kier molecular flexibility index (Phi) is 5.24. The number of carbonyl (C=O) groups excluding carboxylic acids is 1. The predicted octanol–water partition coefficient (Wildman–Crippen LogP) is 1.90. The first-order valence-electron chi connectivity index (χ1n) is 7.59. The van der Waals surface area contributed by atoms with Crippen LogP contribution in [0.3, 0.4) is 0 Å². The summed E-state index contributed by atoms with van der Waals surface area (Å²) in [7, 11) is -3.58. The predicted molar refractivity (Wildman–Crippen MR) is 85.1 cm³/mol. The fraction of sp³-hybridized carbons (Fsp3) is 0.562.